The number of carboxylic acid groups (broad SMARTS) is 1. The number of aliphatic hydroxyl groups excluding tert-OH is 1. The Kier molecular flexibility index (Phi) is 4.04. The molecular weight excluding hydrogens is 256 g/mol. The topological polar surface area (TPSA) is 82.5 Å². The number of nitrogens with zero attached hydrogens (tertiary/aromatic N) is 1. The van der Waals surface area contributed by atoms with E-state index >= 15 is 0 Å². The van der Waals surface area contributed by atoms with Crippen LogP contribution in [0.15, 0.2) is 12.3 Å². The predicted octanol–water partition coefficient (Wildman–Crippen LogP) is 2.15. The number of aliphatic hydroxyl groups is 1. The standard InChI is InChI=1S/C12H15ClN2O3/c13-11-5-10(9(6-14-11)12(17)18)15-7-2-1-3-8(16)4-7/h5-8,16H,1-4H2,(H,14,15)(H,17,18)/t7-,8+/m0/s1. The van der Waals surface area contributed by atoms with Crippen LogP contribution in [0.1, 0.15) is 36.0 Å². The van der Waals surface area contributed by atoms with Crippen LogP contribution in [0.4, 0.5) is 5.69 Å². The Morgan fingerprint density at radius 2 is 2.28 bits per heavy atom. The number of halogens is 1. The van der Waals surface area contributed by atoms with Crippen LogP contribution in [0.25, 0.3) is 0 Å². The van der Waals surface area contributed by atoms with Crippen molar-refractivity contribution >= 4 is 23.3 Å². The van der Waals surface area contributed by atoms with Crippen molar-refractivity contribution in [1.29, 1.82) is 0 Å². The van der Waals surface area contributed by atoms with E-state index in [-0.39, 0.29) is 22.9 Å². The van der Waals surface area contributed by atoms with Crippen molar-refractivity contribution in [3.63, 3.8) is 0 Å². The quantitative estimate of drug-likeness (QED) is 0.733. The van der Waals surface area contributed by atoms with Gasteiger partial charge in [-0.25, -0.2) is 9.78 Å². The van der Waals surface area contributed by atoms with Gasteiger partial charge in [0.25, 0.3) is 0 Å². The van der Waals surface area contributed by atoms with Gasteiger partial charge < -0.3 is 15.5 Å². The smallest absolute Gasteiger partial charge is 0.339 e. The zero-order valence-corrected chi connectivity index (χ0v) is 10.5. The normalized spacial score (nSPS) is 23.7. The fraction of sp³-hybridized carbons (Fsp3) is 0.500. The molecule has 2 rings (SSSR count). The first-order valence-electron chi connectivity index (χ1n) is 5.89. The summed E-state index contributed by atoms with van der Waals surface area (Å²) in [4.78, 5) is 14.8. The molecule has 1 aromatic rings. The number of anilines is 1. The molecule has 3 N–H and O–H groups in total. The molecule has 1 heterocycles. The highest BCUT2D eigenvalue weighted by molar-refractivity contribution is 6.29. The maximum Gasteiger partial charge on any atom is 0.339 e. The van der Waals surface area contributed by atoms with E-state index in [1.807, 2.05) is 0 Å². The highest BCUT2D eigenvalue weighted by Gasteiger charge is 2.22. The minimum Gasteiger partial charge on any atom is -0.478 e. The molecule has 5 nitrogen and oxygen atoms in total. The molecule has 1 fully saturated rings. The van der Waals surface area contributed by atoms with Crippen LogP contribution in [0.3, 0.4) is 0 Å². The number of aromatic nitrogens is 1. The van der Waals surface area contributed by atoms with Crippen LogP contribution in [-0.4, -0.2) is 33.3 Å². The Hall–Kier alpha value is -1.33. The summed E-state index contributed by atoms with van der Waals surface area (Å²) in [6, 6.07) is 1.58. The Morgan fingerprint density at radius 3 is 2.94 bits per heavy atom. The summed E-state index contributed by atoms with van der Waals surface area (Å²) >= 11 is 5.77. The van der Waals surface area contributed by atoms with Gasteiger partial charge in [0, 0.05) is 12.2 Å². The molecule has 6 heteroatoms. The lowest BCUT2D eigenvalue weighted by Crippen LogP contribution is -2.30. The zero-order valence-electron chi connectivity index (χ0n) is 9.77. The lowest BCUT2D eigenvalue weighted by Gasteiger charge is -2.27. The third-order valence-electron chi connectivity index (χ3n) is 3.11. The molecule has 98 valence electrons. The molecule has 0 amide bonds. The van der Waals surface area contributed by atoms with Gasteiger partial charge in [0.2, 0.25) is 0 Å². The highest BCUT2D eigenvalue weighted by Crippen LogP contribution is 2.25. The molecule has 0 unspecified atom stereocenters. The molecule has 1 saturated carbocycles. The first-order valence-corrected chi connectivity index (χ1v) is 6.27. The molecule has 1 aliphatic carbocycles. The van der Waals surface area contributed by atoms with Crippen LogP contribution in [-0.2, 0) is 0 Å². The van der Waals surface area contributed by atoms with Crippen LogP contribution in [0.2, 0.25) is 5.15 Å². The first kappa shape index (κ1) is 13.1. The Bertz CT molecular complexity index is 453. The number of nitrogens with one attached hydrogen (secondary N) is 1. The van der Waals surface area contributed by atoms with E-state index in [9.17, 15) is 9.90 Å². The Balaban J connectivity index is 2.16. The molecule has 2 atom stereocenters. The summed E-state index contributed by atoms with van der Waals surface area (Å²) in [5.41, 5.74) is 0.557. The van der Waals surface area contributed by atoms with E-state index in [0.717, 1.165) is 19.3 Å². The third-order valence-corrected chi connectivity index (χ3v) is 3.31. The molecule has 0 bridgehead atoms. The van der Waals surface area contributed by atoms with Gasteiger partial charge in [-0.3, -0.25) is 0 Å². The summed E-state index contributed by atoms with van der Waals surface area (Å²) in [5.74, 6) is -1.04. The maximum absolute atomic E-state index is 11.1. The predicted molar refractivity (Wildman–Crippen MR) is 68.1 cm³/mol. The molecular formula is C12H15ClN2O3. The molecule has 0 spiro atoms. The van der Waals surface area contributed by atoms with Crippen molar-refractivity contribution in [2.75, 3.05) is 5.32 Å². The number of pyridine rings is 1. The van der Waals surface area contributed by atoms with E-state index in [2.05, 4.69) is 10.3 Å². The van der Waals surface area contributed by atoms with Crippen molar-refractivity contribution in [3.8, 4) is 0 Å². The largest absolute Gasteiger partial charge is 0.478 e. The molecule has 18 heavy (non-hydrogen) atoms. The molecule has 0 saturated heterocycles. The van der Waals surface area contributed by atoms with Crippen molar-refractivity contribution < 1.29 is 15.0 Å². The fourth-order valence-corrected chi connectivity index (χ4v) is 2.39. The van der Waals surface area contributed by atoms with Crippen molar-refractivity contribution in [1.82, 2.24) is 4.98 Å². The molecule has 1 aliphatic rings. The van der Waals surface area contributed by atoms with E-state index < -0.39 is 5.97 Å². The minimum atomic E-state index is -1.04. The third kappa shape index (κ3) is 3.11. The van der Waals surface area contributed by atoms with Crippen molar-refractivity contribution in [3.05, 3.63) is 23.0 Å². The highest BCUT2D eigenvalue weighted by atomic mass is 35.5. The second-order valence-electron chi connectivity index (χ2n) is 4.52. The SMILES string of the molecule is O=C(O)c1cnc(Cl)cc1N[C@H]1CCC[C@@H](O)C1. The number of carboxylic acids is 1. The summed E-state index contributed by atoms with van der Waals surface area (Å²) in [7, 11) is 0. The van der Waals surface area contributed by atoms with E-state index in [4.69, 9.17) is 16.7 Å². The van der Waals surface area contributed by atoms with Crippen LogP contribution >= 0.6 is 11.6 Å². The van der Waals surface area contributed by atoms with E-state index in [1.54, 1.807) is 0 Å². The monoisotopic (exact) mass is 270 g/mol. The van der Waals surface area contributed by atoms with Gasteiger partial charge in [-0.2, -0.15) is 0 Å². The lowest BCUT2D eigenvalue weighted by atomic mass is 9.93. The summed E-state index contributed by atoms with van der Waals surface area (Å²) in [6.07, 6.45) is 4.20. The first-order chi connectivity index (χ1) is 8.56. The summed E-state index contributed by atoms with van der Waals surface area (Å²) in [6.45, 7) is 0. The van der Waals surface area contributed by atoms with Gasteiger partial charge in [0.05, 0.1) is 11.8 Å². The second kappa shape index (κ2) is 5.54. The van der Waals surface area contributed by atoms with Crippen LogP contribution in [0.5, 0.6) is 0 Å². The van der Waals surface area contributed by atoms with Gasteiger partial charge in [-0.15, -0.1) is 0 Å². The average Bonchev–Trinajstić information content (AvgIpc) is 2.28. The van der Waals surface area contributed by atoms with E-state index in [0.29, 0.717) is 12.1 Å². The second-order valence-corrected chi connectivity index (χ2v) is 4.91. The Morgan fingerprint density at radius 1 is 1.50 bits per heavy atom. The van der Waals surface area contributed by atoms with E-state index in [1.165, 1.54) is 12.3 Å². The van der Waals surface area contributed by atoms with Crippen LogP contribution in [0, 0.1) is 0 Å². The van der Waals surface area contributed by atoms with Crippen LogP contribution < -0.4 is 5.32 Å². The number of aromatic carboxylic acids is 1. The minimum absolute atomic E-state index is 0.0744. The maximum atomic E-state index is 11.1. The molecule has 0 radical (unpaired) electrons. The Labute approximate surface area is 110 Å². The lowest BCUT2D eigenvalue weighted by molar-refractivity contribution is 0.0697. The van der Waals surface area contributed by atoms with Gasteiger partial charge in [-0.05, 0) is 31.7 Å². The van der Waals surface area contributed by atoms with Gasteiger partial charge in [-0.1, -0.05) is 11.6 Å². The number of hydrogen-bond acceptors (Lipinski definition) is 4. The van der Waals surface area contributed by atoms with Gasteiger partial charge >= 0.3 is 5.97 Å². The van der Waals surface area contributed by atoms with Crippen molar-refractivity contribution in [2.24, 2.45) is 0 Å². The zero-order chi connectivity index (χ0) is 13.1. The number of rotatable bonds is 3. The molecule has 1 aromatic heterocycles. The molecule has 0 aromatic carbocycles. The average molecular weight is 271 g/mol. The summed E-state index contributed by atoms with van der Waals surface area (Å²) < 4.78 is 0. The number of hydrogen-bond donors (Lipinski definition) is 3. The summed E-state index contributed by atoms with van der Waals surface area (Å²) in [5, 5.41) is 22.0. The van der Waals surface area contributed by atoms with Gasteiger partial charge in [0.15, 0.2) is 0 Å². The number of carbonyl (C=O) groups is 1. The van der Waals surface area contributed by atoms with Crippen molar-refractivity contribution in [2.45, 2.75) is 37.8 Å². The van der Waals surface area contributed by atoms with Gasteiger partial charge in [0.1, 0.15) is 10.7 Å². The fourth-order valence-electron chi connectivity index (χ4n) is 2.23. The molecule has 0 aliphatic heterocycles.